The summed E-state index contributed by atoms with van der Waals surface area (Å²) in [5, 5.41) is 29.3. The van der Waals surface area contributed by atoms with Gasteiger partial charge in [-0.15, -0.1) is 0 Å². The van der Waals surface area contributed by atoms with Gasteiger partial charge in [0.1, 0.15) is 0 Å². The standard InChI is InChI=1S/C13H18N2O4/c16-9-11-2-1-5-14(8-11)7-10-3-4-13(17)12(6-10)15(18)19/h3-4,6,11,16-17H,1-2,5,7-9H2. The molecule has 104 valence electrons. The number of aliphatic hydroxyl groups excluding tert-OH is 1. The van der Waals surface area contributed by atoms with Crippen molar-refractivity contribution >= 4 is 5.69 Å². The molecule has 0 radical (unpaired) electrons. The summed E-state index contributed by atoms with van der Waals surface area (Å²) in [7, 11) is 0. The fraction of sp³-hybridized carbons (Fsp3) is 0.538. The van der Waals surface area contributed by atoms with Gasteiger partial charge in [0.05, 0.1) is 4.92 Å². The highest BCUT2D eigenvalue weighted by molar-refractivity contribution is 5.47. The number of hydrogen-bond donors (Lipinski definition) is 2. The lowest BCUT2D eigenvalue weighted by molar-refractivity contribution is -0.385. The molecule has 1 aromatic rings. The maximum absolute atomic E-state index is 10.8. The molecular weight excluding hydrogens is 248 g/mol. The smallest absolute Gasteiger partial charge is 0.311 e. The number of aromatic hydroxyl groups is 1. The van der Waals surface area contributed by atoms with Crippen molar-refractivity contribution in [3.05, 3.63) is 33.9 Å². The summed E-state index contributed by atoms with van der Waals surface area (Å²) in [6.45, 7) is 2.54. The molecule has 0 aliphatic carbocycles. The first kappa shape index (κ1) is 13.8. The summed E-state index contributed by atoms with van der Waals surface area (Å²) in [6, 6.07) is 4.48. The molecule has 1 aromatic carbocycles. The van der Waals surface area contributed by atoms with Crippen molar-refractivity contribution in [2.24, 2.45) is 5.92 Å². The van der Waals surface area contributed by atoms with Gasteiger partial charge in [-0.3, -0.25) is 15.0 Å². The van der Waals surface area contributed by atoms with Crippen LogP contribution in [0.15, 0.2) is 18.2 Å². The Balaban J connectivity index is 2.06. The van der Waals surface area contributed by atoms with Gasteiger partial charge in [-0.05, 0) is 36.9 Å². The summed E-state index contributed by atoms with van der Waals surface area (Å²) in [5.41, 5.74) is 0.552. The van der Waals surface area contributed by atoms with Crippen LogP contribution in [0.2, 0.25) is 0 Å². The monoisotopic (exact) mass is 266 g/mol. The normalized spacial score (nSPS) is 20.4. The molecule has 1 heterocycles. The molecule has 0 spiro atoms. The van der Waals surface area contributed by atoms with Crippen LogP contribution in [0.3, 0.4) is 0 Å². The van der Waals surface area contributed by atoms with Crippen molar-refractivity contribution < 1.29 is 15.1 Å². The first-order chi connectivity index (χ1) is 9.10. The van der Waals surface area contributed by atoms with Gasteiger partial charge in [-0.1, -0.05) is 6.07 Å². The highest BCUT2D eigenvalue weighted by atomic mass is 16.6. The Hall–Kier alpha value is -1.66. The first-order valence-corrected chi connectivity index (χ1v) is 6.39. The predicted molar refractivity (Wildman–Crippen MR) is 69.8 cm³/mol. The molecule has 0 bridgehead atoms. The molecule has 0 saturated carbocycles. The van der Waals surface area contributed by atoms with Crippen molar-refractivity contribution in [2.45, 2.75) is 19.4 Å². The number of phenols is 1. The van der Waals surface area contributed by atoms with Crippen LogP contribution in [0.4, 0.5) is 5.69 Å². The Bertz CT molecular complexity index is 464. The molecule has 6 heteroatoms. The van der Waals surface area contributed by atoms with Gasteiger partial charge in [0.15, 0.2) is 5.75 Å². The van der Waals surface area contributed by atoms with E-state index in [2.05, 4.69) is 4.90 Å². The van der Waals surface area contributed by atoms with E-state index in [0.29, 0.717) is 12.5 Å². The van der Waals surface area contributed by atoms with E-state index in [-0.39, 0.29) is 18.0 Å². The number of hydrogen-bond acceptors (Lipinski definition) is 5. The lowest BCUT2D eigenvalue weighted by Gasteiger charge is -2.31. The van der Waals surface area contributed by atoms with Crippen molar-refractivity contribution in [1.29, 1.82) is 0 Å². The largest absolute Gasteiger partial charge is 0.502 e. The fourth-order valence-electron chi connectivity index (χ4n) is 2.52. The highest BCUT2D eigenvalue weighted by Gasteiger charge is 2.20. The predicted octanol–water partition coefficient (Wildman–Crippen LogP) is 1.50. The quantitative estimate of drug-likeness (QED) is 0.637. The van der Waals surface area contributed by atoms with Gasteiger partial charge in [-0.25, -0.2) is 0 Å². The van der Waals surface area contributed by atoms with Gasteiger partial charge < -0.3 is 10.2 Å². The zero-order valence-electron chi connectivity index (χ0n) is 10.7. The van der Waals surface area contributed by atoms with E-state index < -0.39 is 4.92 Å². The number of benzene rings is 1. The van der Waals surface area contributed by atoms with Crippen molar-refractivity contribution in [2.75, 3.05) is 19.7 Å². The maximum Gasteiger partial charge on any atom is 0.311 e. The van der Waals surface area contributed by atoms with Crippen LogP contribution in [0.25, 0.3) is 0 Å². The van der Waals surface area contributed by atoms with Crippen molar-refractivity contribution in [3.8, 4) is 5.75 Å². The van der Waals surface area contributed by atoms with Gasteiger partial charge >= 0.3 is 5.69 Å². The van der Waals surface area contributed by atoms with Crippen LogP contribution in [0.1, 0.15) is 18.4 Å². The number of nitro groups is 1. The molecule has 1 aliphatic rings. The fourth-order valence-corrected chi connectivity index (χ4v) is 2.52. The van der Waals surface area contributed by atoms with Gasteiger partial charge in [0, 0.05) is 25.8 Å². The van der Waals surface area contributed by atoms with Crippen LogP contribution >= 0.6 is 0 Å². The molecule has 1 atom stereocenters. The maximum atomic E-state index is 10.8. The molecule has 0 amide bonds. The summed E-state index contributed by atoms with van der Waals surface area (Å²) < 4.78 is 0. The number of aliphatic hydroxyl groups is 1. The average Bonchev–Trinajstić information content (AvgIpc) is 2.41. The van der Waals surface area contributed by atoms with E-state index in [1.54, 1.807) is 6.07 Å². The number of phenolic OH excluding ortho intramolecular Hbond substituents is 1. The zero-order valence-corrected chi connectivity index (χ0v) is 10.7. The number of piperidine rings is 1. The van der Waals surface area contributed by atoms with Crippen LogP contribution in [-0.4, -0.2) is 39.7 Å². The second-order valence-electron chi connectivity index (χ2n) is 5.01. The zero-order chi connectivity index (χ0) is 13.8. The Labute approximate surface area is 111 Å². The third-order valence-electron chi connectivity index (χ3n) is 3.50. The lowest BCUT2D eigenvalue weighted by Crippen LogP contribution is -2.36. The minimum Gasteiger partial charge on any atom is -0.502 e. The van der Waals surface area contributed by atoms with Gasteiger partial charge in [0.25, 0.3) is 0 Å². The van der Waals surface area contributed by atoms with E-state index in [1.807, 2.05) is 0 Å². The first-order valence-electron chi connectivity index (χ1n) is 6.39. The SMILES string of the molecule is O=[N+]([O-])c1cc(CN2CCCC(CO)C2)ccc1O. The number of nitro benzene ring substituents is 1. The number of rotatable bonds is 4. The average molecular weight is 266 g/mol. The molecule has 0 aromatic heterocycles. The van der Waals surface area contributed by atoms with Crippen LogP contribution in [-0.2, 0) is 6.54 Å². The minimum absolute atomic E-state index is 0.187. The van der Waals surface area contributed by atoms with Crippen molar-refractivity contribution in [3.63, 3.8) is 0 Å². The van der Waals surface area contributed by atoms with Crippen LogP contribution in [0.5, 0.6) is 5.75 Å². The topological polar surface area (TPSA) is 86.8 Å². The molecule has 6 nitrogen and oxygen atoms in total. The molecule has 19 heavy (non-hydrogen) atoms. The second-order valence-corrected chi connectivity index (χ2v) is 5.01. The molecular formula is C13H18N2O4. The third kappa shape index (κ3) is 3.42. The Morgan fingerprint density at radius 3 is 2.95 bits per heavy atom. The van der Waals surface area contributed by atoms with Crippen LogP contribution in [0, 0.1) is 16.0 Å². The highest BCUT2D eigenvalue weighted by Crippen LogP contribution is 2.27. The summed E-state index contributed by atoms with van der Waals surface area (Å²) in [5.74, 6) is -0.0125. The molecule has 1 fully saturated rings. The molecule has 1 unspecified atom stereocenters. The van der Waals surface area contributed by atoms with E-state index >= 15 is 0 Å². The summed E-state index contributed by atoms with van der Waals surface area (Å²) >= 11 is 0. The van der Waals surface area contributed by atoms with Gasteiger partial charge in [0.2, 0.25) is 0 Å². The second kappa shape index (κ2) is 5.99. The minimum atomic E-state index is -0.578. The van der Waals surface area contributed by atoms with Crippen molar-refractivity contribution in [1.82, 2.24) is 4.90 Å². The summed E-state index contributed by atoms with van der Waals surface area (Å²) in [6.07, 6.45) is 2.06. The van der Waals surface area contributed by atoms with E-state index in [1.165, 1.54) is 12.1 Å². The molecule has 1 aliphatic heterocycles. The molecule has 2 N–H and O–H groups in total. The number of nitrogens with zero attached hydrogens (tertiary/aromatic N) is 2. The Morgan fingerprint density at radius 2 is 2.26 bits per heavy atom. The Kier molecular flexibility index (Phi) is 4.34. The number of likely N-dealkylation sites (tertiary alicyclic amines) is 1. The molecule has 1 saturated heterocycles. The summed E-state index contributed by atoms with van der Waals surface area (Å²) in [4.78, 5) is 12.4. The van der Waals surface area contributed by atoms with Gasteiger partial charge in [-0.2, -0.15) is 0 Å². The Morgan fingerprint density at radius 1 is 1.47 bits per heavy atom. The van der Waals surface area contributed by atoms with E-state index in [0.717, 1.165) is 31.5 Å². The third-order valence-corrected chi connectivity index (χ3v) is 3.50. The lowest BCUT2D eigenvalue weighted by atomic mass is 9.98. The molecule has 2 rings (SSSR count). The van der Waals surface area contributed by atoms with E-state index in [4.69, 9.17) is 0 Å². The van der Waals surface area contributed by atoms with E-state index in [9.17, 15) is 20.3 Å². The van der Waals surface area contributed by atoms with Crippen LogP contribution < -0.4 is 0 Å².